The molecule has 34 heavy (non-hydrogen) atoms. The minimum absolute atomic E-state index is 0.181. The Balaban J connectivity index is 0.000000718. The summed E-state index contributed by atoms with van der Waals surface area (Å²) in [6, 6.07) is 11.7. The SMILES string of the molecule is CCCCN(CC)c1ccc(NC(=O)c2ccc(OC)cc2)cc1C(=O)O.O=C(O)C(F)(F)F. The number of ether oxygens (including phenoxy) is 1. The third-order valence-corrected chi connectivity index (χ3v) is 4.58. The molecule has 2 aromatic carbocycles. The number of aliphatic carboxylic acids is 1. The number of aromatic carboxylic acids is 1. The summed E-state index contributed by atoms with van der Waals surface area (Å²) in [5.41, 5.74) is 1.76. The zero-order valence-electron chi connectivity index (χ0n) is 19.0. The van der Waals surface area contributed by atoms with E-state index in [1.807, 2.05) is 11.8 Å². The van der Waals surface area contributed by atoms with Gasteiger partial charge in [-0.15, -0.1) is 0 Å². The average Bonchev–Trinajstić information content (AvgIpc) is 2.79. The van der Waals surface area contributed by atoms with Gasteiger partial charge in [0, 0.05) is 24.3 Å². The van der Waals surface area contributed by atoms with Crippen molar-refractivity contribution in [2.24, 2.45) is 0 Å². The van der Waals surface area contributed by atoms with Crippen molar-refractivity contribution in [1.29, 1.82) is 0 Å². The molecule has 0 aliphatic carbocycles. The van der Waals surface area contributed by atoms with Crippen LogP contribution < -0.4 is 15.0 Å². The Morgan fingerprint density at radius 2 is 1.62 bits per heavy atom. The predicted octanol–water partition coefficient (Wildman–Crippen LogP) is 4.91. The van der Waals surface area contributed by atoms with Crippen LogP contribution in [-0.4, -0.2) is 54.4 Å². The van der Waals surface area contributed by atoms with Crippen LogP contribution in [0.5, 0.6) is 5.75 Å². The fourth-order valence-corrected chi connectivity index (χ4v) is 2.80. The average molecular weight is 484 g/mol. The first-order valence-corrected chi connectivity index (χ1v) is 10.3. The van der Waals surface area contributed by atoms with Crippen LogP contribution >= 0.6 is 0 Å². The van der Waals surface area contributed by atoms with Gasteiger partial charge in [-0.05, 0) is 55.8 Å². The van der Waals surface area contributed by atoms with E-state index >= 15 is 0 Å². The molecule has 0 heterocycles. The second-order valence-corrected chi connectivity index (χ2v) is 6.96. The van der Waals surface area contributed by atoms with Gasteiger partial charge in [-0.1, -0.05) is 13.3 Å². The molecule has 186 valence electrons. The first-order valence-electron chi connectivity index (χ1n) is 10.3. The number of hydrogen-bond donors (Lipinski definition) is 3. The number of rotatable bonds is 9. The molecule has 2 aromatic rings. The summed E-state index contributed by atoms with van der Waals surface area (Å²) in [4.78, 5) is 35.1. The van der Waals surface area contributed by atoms with E-state index in [2.05, 4.69) is 12.2 Å². The monoisotopic (exact) mass is 484 g/mol. The van der Waals surface area contributed by atoms with Gasteiger partial charge in [0.2, 0.25) is 0 Å². The number of benzene rings is 2. The van der Waals surface area contributed by atoms with Crippen LogP contribution in [0, 0.1) is 0 Å². The predicted molar refractivity (Wildman–Crippen MR) is 121 cm³/mol. The summed E-state index contributed by atoms with van der Waals surface area (Å²) in [6.45, 7) is 5.62. The summed E-state index contributed by atoms with van der Waals surface area (Å²) >= 11 is 0. The molecule has 0 unspecified atom stereocenters. The number of halogens is 3. The standard InChI is InChI=1S/C21H26N2O4.C2HF3O2/c1-4-6-13-23(5-2)19-12-9-16(14-18(19)21(25)26)22-20(24)15-7-10-17(27-3)11-8-15;3-2(4,5)1(6)7/h7-12,14H,4-6,13H2,1-3H3,(H,22,24)(H,25,26);(H,6,7). The molecule has 0 atom stereocenters. The van der Waals surface area contributed by atoms with Gasteiger partial charge < -0.3 is 25.2 Å². The highest BCUT2D eigenvalue weighted by molar-refractivity contribution is 6.05. The van der Waals surface area contributed by atoms with Crippen molar-refractivity contribution in [2.45, 2.75) is 32.9 Å². The number of carboxylic acid groups (broad SMARTS) is 2. The van der Waals surface area contributed by atoms with E-state index in [4.69, 9.17) is 14.6 Å². The van der Waals surface area contributed by atoms with Crippen LogP contribution in [-0.2, 0) is 4.79 Å². The summed E-state index contributed by atoms with van der Waals surface area (Å²) < 4.78 is 36.8. The number of methoxy groups -OCH3 is 1. The lowest BCUT2D eigenvalue weighted by Gasteiger charge is -2.25. The van der Waals surface area contributed by atoms with Crippen LogP contribution in [0.15, 0.2) is 42.5 Å². The van der Waals surface area contributed by atoms with Gasteiger partial charge in [-0.3, -0.25) is 4.79 Å². The minimum atomic E-state index is -5.08. The third kappa shape index (κ3) is 8.64. The molecule has 3 N–H and O–H groups in total. The first-order chi connectivity index (χ1) is 15.9. The molecule has 0 fully saturated rings. The largest absolute Gasteiger partial charge is 0.497 e. The maximum absolute atomic E-state index is 12.4. The van der Waals surface area contributed by atoms with E-state index in [1.54, 1.807) is 43.5 Å². The number of nitrogens with one attached hydrogen (secondary N) is 1. The van der Waals surface area contributed by atoms with Crippen LogP contribution in [0.4, 0.5) is 24.5 Å². The lowest BCUT2D eigenvalue weighted by Crippen LogP contribution is -2.26. The second-order valence-electron chi connectivity index (χ2n) is 6.96. The van der Waals surface area contributed by atoms with Crippen LogP contribution in [0.2, 0.25) is 0 Å². The number of carbonyl (C=O) groups is 3. The molecule has 0 aromatic heterocycles. The summed E-state index contributed by atoms with van der Waals surface area (Å²) in [5, 5.41) is 19.5. The molecule has 0 saturated heterocycles. The van der Waals surface area contributed by atoms with Gasteiger partial charge in [0.25, 0.3) is 5.91 Å². The Morgan fingerprint density at radius 1 is 1.03 bits per heavy atom. The van der Waals surface area contributed by atoms with Crippen molar-refractivity contribution in [3.05, 3.63) is 53.6 Å². The van der Waals surface area contributed by atoms with Crippen molar-refractivity contribution in [1.82, 2.24) is 0 Å². The van der Waals surface area contributed by atoms with E-state index in [1.165, 1.54) is 6.07 Å². The number of carboxylic acids is 2. The second kappa shape index (κ2) is 13.1. The minimum Gasteiger partial charge on any atom is -0.497 e. The van der Waals surface area contributed by atoms with Crippen molar-refractivity contribution >= 4 is 29.2 Å². The number of carbonyl (C=O) groups excluding carboxylic acids is 1. The van der Waals surface area contributed by atoms with Gasteiger partial charge in [0.05, 0.1) is 18.4 Å². The van der Waals surface area contributed by atoms with E-state index in [9.17, 15) is 27.9 Å². The number of amides is 1. The highest BCUT2D eigenvalue weighted by Gasteiger charge is 2.38. The molecule has 0 bridgehead atoms. The molecule has 2 rings (SSSR count). The van der Waals surface area contributed by atoms with Gasteiger partial charge >= 0.3 is 18.1 Å². The molecular formula is C23H27F3N2O6. The Kier molecular flexibility index (Phi) is 10.9. The van der Waals surface area contributed by atoms with Gasteiger partial charge in [0.1, 0.15) is 5.75 Å². The fraction of sp³-hybridized carbons (Fsp3) is 0.348. The van der Waals surface area contributed by atoms with Gasteiger partial charge in [-0.2, -0.15) is 13.2 Å². The molecule has 1 amide bonds. The zero-order valence-corrected chi connectivity index (χ0v) is 19.0. The first kappa shape index (κ1) is 28.3. The number of anilines is 2. The molecule has 8 nitrogen and oxygen atoms in total. The van der Waals surface area contributed by atoms with E-state index < -0.39 is 18.1 Å². The van der Waals surface area contributed by atoms with Crippen molar-refractivity contribution in [3.63, 3.8) is 0 Å². The van der Waals surface area contributed by atoms with Crippen LogP contribution in [0.1, 0.15) is 47.4 Å². The van der Waals surface area contributed by atoms with Gasteiger partial charge in [0.15, 0.2) is 0 Å². The number of hydrogen-bond acceptors (Lipinski definition) is 5. The molecule has 0 aliphatic rings. The van der Waals surface area contributed by atoms with E-state index in [-0.39, 0.29) is 11.5 Å². The lowest BCUT2D eigenvalue weighted by molar-refractivity contribution is -0.192. The van der Waals surface area contributed by atoms with E-state index in [0.717, 1.165) is 25.9 Å². The summed E-state index contributed by atoms with van der Waals surface area (Å²) in [5.74, 6) is -3.41. The zero-order chi connectivity index (χ0) is 25.9. The van der Waals surface area contributed by atoms with Crippen molar-refractivity contribution in [2.75, 3.05) is 30.4 Å². The summed E-state index contributed by atoms with van der Waals surface area (Å²) in [6.07, 6.45) is -3.06. The highest BCUT2D eigenvalue weighted by Crippen LogP contribution is 2.25. The van der Waals surface area contributed by atoms with Crippen molar-refractivity contribution in [3.8, 4) is 5.75 Å². The van der Waals surface area contributed by atoms with Crippen LogP contribution in [0.25, 0.3) is 0 Å². The van der Waals surface area contributed by atoms with E-state index in [0.29, 0.717) is 22.7 Å². The highest BCUT2D eigenvalue weighted by atomic mass is 19.4. The maximum Gasteiger partial charge on any atom is 0.490 e. The topological polar surface area (TPSA) is 116 Å². The Labute approximate surface area is 195 Å². The Bertz CT molecular complexity index is 978. The number of unbranched alkanes of at least 4 members (excludes halogenated alkanes) is 1. The molecule has 0 spiro atoms. The molecule has 0 radical (unpaired) electrons. The lowest BCUT2D eigenvalue weighted by atomic mass is 10.1. The smallest absolute Gasteiger partial charge is 0.490 e. The van der Waals surface area contributed by atoms with Gasteiger partial charge in [-0.25, -0.2) is 9.59 Å². The Morgan fingerprint density at radius 3 is 2.06 bits per heavy atom. The third-order valence-electron chi connectivity index (χ3n) is 4.58. The quantitative estimate of drug-likeness (QED) is 0.463. The van der Waals surface area contributed by atoms with Crippen LogP contribution in [0.3, 0.4) is 0 Å². The number of nitrogens with zero attached hydrogens (tertiary/aromatic N) is 1. The van der Waals surface area contributed by atoms with Crippen molar-refractivity contribution < 1.29 is 42.5 Å². The maximum atomic E-state index is 12.4. The Hall–Kier alpha value is -3.76. The molecule has 0 saturated carbocycles. The summed E-state index contributed by atoms with van der Waals surface area (Å²) in [7, 11) is 1.56. The molecule has 11 heteroatoms. The fourth-order valence-electron chi connectivity index (χ4n) is 2.80. The molecule has 0 aliphatic heterocycles. The molecular weight excluding hydrogens is 457 g/mol. The number of alkyl halides is 3. The normalized spacial score (nSPS) is 10.5.